The lowest BCUT2D eigenvalue weighted by Gasteiger charge is -2.16. The zero-order valence-corrected chi connectivity index (χ0v) is 10.3. The lowest BCUT2D eigenvalue weighted by Crippen LogP contribution is -2.26. The molecule has 0 N–H and O–H groups in total. The summed E-state index contributed by atoms with van der Waals surface area (Å²) >= 11 is 7.32. The quantitative estimate of drug-likeness (QED) is 0.763. The van der Waals surface area contributed by atoms with Gasteiger partial charge in [-0.3, -0.25) is 4.79 Å². The Labute approximate surface area is 98.8 Å². The number of pyridine rings is 1. The number of nitrogens with zero attached hydrogens (tertiary/aromatic N) is 2. The maximum Gasteiger partial charge on any atom is 0.227 e. The average Bonchev–Trinajstić information content (AvgIpc) is 2.26. The van der Waals surface area contributed by atoms with E-state index in [2.05, 4.69) is 4.98 Å². The number of aromatic nitrogens is 1. The van der Waals surface area contributed by atoms with Crippen molar-refractivity contribution < 1.29 is 4.79 Å². The fourth-order valence-corrected chi connectivity index (χ4v) is 1.56. The summed E-state index contributed by atoms with van der Waals surface area (Å²) in [6.45, 7) is 0. The minimum atomic E-state index is 0.0912. The summed E-state index contributed by atoms with van der Waals surface area (Å²) in [7, 11) is 1.74. The highest BCUT2D eigenvalue weighted by atomic mass is 35.5. The average molecular weight is 245 g/mol. The minimum absolute atomic E-state index is 0.0912. The highest BCUT2D eigenvalue weighted by molar-refractivity contribution is 7.98. The number of carbonyl (C=O) groups is 1. The molecule has 0 aliphatic rings. The van der Waals surface area contributed by atoms with Crippen molar-refractivity contribution in [3.8, 4) is 0 Å². The van der Waals surface area contributed by atoms with Crippen LogP contribution in [0.4, 0.5) is 5.69 Å². The first kappa shape index (κ1) is 12.3. The second kappa shape index (κ2) is 5.98. The summed E-state index contributed by atoms with van der Waals surface area (Å²) in [5, 5.41) is 0.434. The molecule has 5 heteroatoms. The van der Waals surface area contributed by atoms with Crippen molar-refractivity contribution in [2.24, 2.45) is 0 Å². The van der Waals surface area contributed by atoms with Gasteiger partial charge in [-0.2, -0.15) is 11.8 Å². The number of thioether (sulfide) groups is 1. The van der Waals surface area contributed by atoms with Crippen LogP contribution in [-0.4, -0.2) is 29.9 Å². The van der Waals surface area contributed by atoms with Gasteiger partial charge in [-0.05, 0) is 18.4 Å². The molecule has 1 aromatic heterocycles. The van der Waals surface area contributed by atoms with Crippen LogP contribution in [0.5, 0.6) is 0 Å². The molecule has 1 heterocycles. The van der Waals surface area contributed by atoms with E-state index in [1.54, 1.807) is 42.0 Å². The van der Waals surface area contributed by atoms with Crippen LogP contribution >= 0.6 is 23.4 Å². The number of anilines is 1. The third kappa shape index (κ3) is 3.72. The molecule has 3 nitrogen and oxygen atoms in total. The molecule has 1 amide bonds. The summed E-state index contributed by atoms with van der Waals surface area (Å²) < 4.78 is 0. The Morgan fingerprint density at radius 3 is 2.87 bits per heavy atom. The molecule has 0 bridgehead atoms. The first-order chi connectivity index (χ1) is 7.15. The number of hydrogen-bond acceptors (Lipinski definition) is 3. The summed E-state index contributed by atoms with van der Waals surface area (Å²) in [6.07, 6.45) is 4.12. The third-order valence-electron chi connectivity index (χ3n) is 1.99. The topological polar surface area (TPSA) is 33.2 Å². The van der Waals surface area contributed by atoms with Gasteiger partial charge in [0, 0.05) is 19.2 Å². The van der Waals surface area contributed by atoms with Gasteiger partial charge >= 0.3 is 0 Å². The van der Waals surface area contributed by atoms with Crippen LogP contribution in [0.3, 0.4) is 0 Å². The minimum Gasteiger partial charge on any atom is -0.314 e. The Hall–Kier alpha value is -0.740. The van der Waals surface area contributed by atoms with E-state index in [0.29, 0.717) is 11.6 Å². The molecule has 0 spiro atoms. The van der Waals surface area contributed by atoms with Gasteiger partial charge in [0.1, 0.15) is 5.15 Å². The van der Waals surface area contributed by atoms with E-state index in [1.165, 1.54) is 0 Å². The van der Waals surface area contributed by atoms with Crippen LogP contribution in [-0.2, 0) is 4.79 Å². The Morgan fingerprint density at radius 1 is 1.60 bits per heavy atom. The van der Waals surface area contributed by atoms with Crippen LogP contribution < -0.4 is 4.90 Å². The Bertz CT molecular complexity index is 329. The predicted octanol–water partition coefficient (Wildman–Crippen LogP) is 2.45. The van der Waals surface area contributed by atoms with Gasteiger partial charge < -0.3 is 4.90 Å². The molecule has 0 radical (unpaired) electrons. The molecule has 0 atom stereocenters. The van der Waals surface area contributed by atoms with Gasteiger partial charge in [-0.1, -0.05) is 11.6 Å². The van der Waals surface area contributed by atoms with Crippen molar-refractivity contribution in [2.75, 3.05) is 24.0 Å². The standard InChI is InChI=1S/C10H13ClN2OS/c1-13(10(14)5-6-15-2)8-3-4-9(11)12-7-8/h3-4,7H,5-6H2,1-2H3. The van der Waals surface area contributed by atoms with E-state index < -0.39 is 0 Å². The Kier molecular flexibility index (Phi) is 4.91. The highest BCUT2D eigenvalue weighted by Gasteiger charge is 2.10. The van der Waals surface area contributed by atoms with Gasteiger partial charge in [-0.25, -0.2) is 4.98 Å². The normalized spacial score (nSPS) is 10.1. The molecule has 15 heavy (non-hydrogen) atoms. The summed E-state index contributed by atoms with van der Waals surface area (Å²) in [6, 6.07) is 3.46. The summed E-state index contributed by atoms with van der Waals surface area (Å²) in [5.41, 5.74) is 0.769. The Morgan fingerprint density at radius 2 is 2.33 bits per heavy atom. The molecule has 0 aromatic carbocycles. The van der Waals surface area contributed by atoms with Crippen LogP contribution in [0.25, 0.3) is 0 Å². The number of hydrogen-bond donors (Lipinski definition) is 0. The van der Waals surface area contributed by atoms with Gasteiger partial charge in [0.2, 0.25) is 5.91 Å². The number of halogens is 1. The number of rotatable bonds is 4. The van der Waals surface area contributed by atoms with E-state index in [1.807, 2.05) is 6.26 Å². The SMILES string of the molecule is CSCCC(=O)N(C)c1ccc(Cl)nc1. The van der Waals surface area contributed by atoms with Crippen LogP contribution in [0.15, 0.2) is 18.3 Å². The van der Waals surface area contributed by atoms with Crippen molar-refractivity contribution in [1.82, 2.24) is 4.98 Å². The summed E-state index contributed by atoms with van der Waals surface area (Å²) in [5.74, 6) is 0.929. The zero-order valence-electron chi connectivity index (χ0n) is 8.74. The molecule has 0 aliphatic carbocycles. The zero-order chi connectivity index (χ0) is 11.3. The van der Waals surface area contributed by atoms with Crippen LogP contribution in [0.2, 0.25) is 5.15 Å². The first-order valence-electron chi connectivity index (χ1n) is 4.52. The number of amides is 1. The molecule has 0 fully saturated rings. The Balaban J connectivity index is 2.63. The summed E-state index contributed by atoms with van der Waals surface area (Å²) in [4.78, 5) is 17.2. The van der Waals surface area contributed by atoms with E-state index in [0.717, 1.165) is 11.4 Å². The molecular weight excluding hydrogens is 232 g/mol. The lowest BCUT2D eigenvalue weighted by atomic mass is 10.3. The van der Waals surface area contributed by atoms with E-state index in [-0.39, 0.29) is 5.91 Å². The van der Waals surface area contributed by atoms with Gasteiger partial charge in [-0.15, -0.1) is 0 Å². The largest absolute Gasteiger partial charge is 0.314 e. The van der Waals surface area contributed by atoms with Gasteiger partial charge in [0.25, 0.3) is 0 Å². The molecule has 1 aromatic rings. The maximum atomic E-state index is 11.6. The number of carbonyl (C=O) groups excluding carboxylic acids is 1. The molecule has 0 aliphatic heterocycles. The third-order valence-corrected chi connectivity index (χ3v) is 2.83. The molecule has 0 saturated carbocycles. The van der Waals surface area contributed by atoms with E-state index in [4.69, 9.17) is 11.6 Å². The lowest BCUT2D eigenvalue weighted by molar-refractivity contribution is -0.117. The van der Waals surface area contributed by atoms with Gasteiger partial charge in [0.05, 0.1) is 11.9 Å². The van der Waals surface area contributed by atoms with E-state index >= 15 is 0 Å². The van der Waals surface area contributed by atoms with Crippen molar-refractivity contribution in [3.05, 3.63) is 23.5 Å². The van der Waals surface area contributed by atoms with E-state index in [9.17, 15) is 4.79 Å². The fraction of sp³-hybridized carbons (Fsp3) is 0.400. The maximum absolute atomic E-state index is 11.6. The van der Waals surface area contributed by atoms with Crippen LogP contribution in [0.1, 0.15) is 6.42 Å². The second-order valence-corrected chi connectivity index (χ2v) is 4.41. The van der Waals surface area contributed by atoms with Crippen molar-refractivity contribution in [1.29, 1.82) is 0 Å². The monoisotopic (exact) mass is 244 g/mol. The predicted molar refractivity (Wildman–Crippen MR) is 65.7 cm³/mol. The second-order valence-electron chi connectivity index (χ2n) is 3.03. The molecule has 1 rings (SSSR count). The molecular formula is C10H13ClN2OS. The molecule has 82 valence electrons. The molecule has 0 saturated heterocycles. The smallest absolute Gasteiger partial charge is 0.227 e. The van der Waals surface area contributed by atoms with Gasteiger partial charge in [0.15, 0.2) is 0 Å². The van der Waals surface area contributed by atoms with Crippen molar-refractivity contribution in [2.45, 2.75) is 6.42 Å². The fourth-order valence-electron chi connectivity index (χ4n) is 1.07. The van der Waals surface area contributed by atoms with Crippen molar-refractivity contribution in [3.63, 3.8) is 0 Å². The first-order valence-corrected chi connectivity index (χ1v) is 6.29. The highest BCUT2D eigenvalue weighted by Crippen LogP contribution is 2.14. The molecule has 0 unspecified atom stereocenters. The van der Waals surface area contributed by atoms with Crippen molar-refractivity contribution >= 4 is 35.0 Å². The van der Waals surface area contributed by atoms with Crippen LogP contribution in [0, 0.1) is 0 Å².